The summed E-state index contributed by atoms with van der Waals surface area (Å²) in [5, 5.41) is 5.20. The maximum Gasteiger partial charge on any atom is 0.341 e. The van der Waals surface area contributed by atoms with Crippen LogP contribution in [-0.2, 0) is 9.53 Å². The summed E-state index contributed by atoms with van der Waals surface area (Å²) in [6.07, 6.45) is 3.39. The fourth-order valence-electron chi connectivity index (χ4n) is 2.37. The highest BCUT2D eigenvalue weighted by atomic mass is 32.1. The first-order valence-corrected chi connectivity index (χ1v) is 7.80. The van der Waals surface area contributed by atoms with Crippen LogP contribution in [0.25, 0.3) is 0 Å². The zero-order chi connectivity index (χ0) is 14.5. The molecule has 1 aromatic heterocycles. The number of anilines is 1. The third kappa shape index (κ3) is 3.58. The maximum atomic E-state index is 12.2. The summed E-state index contributed by atoms with van der Waals surface area (Å²) < 4.78 is 4.97. The first kappa shape index (κ1) is 15.0. The molecular formula is C14H20N2O3S. The van der Waals surface area contributed by atoms with E-state index >= 15 is 0 Å². The zero-order valence-electron chi connectivity index (χ0n) is 11.6. The van der Waals surface area contributed by atoms with Gasteiger partial charge in [0.2, 0.25) is 5.91 Å². The Balaban J connectivity index is 1.98. The number of thiophene rings is 1. The average molecular weight is 296 g/mol. The van der Waals surface area contributed by atoms with Crippen LogP contribution in [-0.4, -0.2) is 24.5 Å². The number of amides is 1. The molecule has 0 spiro atoms. The van der Waals surface area contributed by atoms with Crippen LogP contribution in [0, 0.1) is 5.92 Å². The predicted molar refractivity (Wildman–Crippen MR) is 78.8 cm³/mol. The third-order valence-corrected chi connectivity index (χ3v) is 4.37. The number of nitrogens with two attached hydrogens (primary N) is 1. The highest BCUT2D eigenvalue weighted by Crippen LogP contribution is 2.28. The van der Waals surface area contributed by atoms with Crippen molar-refractivity contribution in [3.8, 4) is 0 Å². The molecule has 2 rings (SSSR count). The van der Waals surface area contributed by atoms with Gasteiger partial charge in [-0.1, -0.05) is 0 Å². The van der Waals surface area contributed by atoms with Crippen LogP contribution in [0.5, 0.6) is 0 Å². The lowest BCUT2D eigenvalue weighted by atomic mass is 9.86. The lowest BCUT2D eigenvalue weighted by Crippen LogP contribution is -2.32. The number of hydrogen-bond donors (Lipinski definition) is 2. The molecule has 0 aromatic carbocycles. The van der Waals surface area contributed by atoms with E-state index in [9.17, 15) is 9.59 Å². The van der Waals surface area contributed by atoms with E-state index in [1.54, 1.807) is 18.4 Å². The molecule has 0 saturated heterocycles. The fourth-order valence-corrected chi connectivity index (χ4v) is 3.15. The third-order valence-electron chi connectivity index (χ3n) is 3.54. The van der Waals surface area contributed by atoms with E-state index in [1.165, 1.54) is 11.3 Å². The van der Waals surface area contributed by atoms with Gasteiger partial charge in [-0.3, -0.25) is 4.79 Å². The van der Waals surface area contributed by atoms with Gasteiger partial charge in [0.1, 0.15) is 5.00 Å². The molecule has 0 radical (unpaired) electrons. The van der Waals surface area contributed by atoms with E-state index in [-0.39, 0.29) is 17.9 Å². The molecule has 6 heteroatoms. The summed E-state index contributed by atoms with van der Waals surface area (Å²) in [5.74, 6) is -0.424. The van der Waals surface area contributed by atoms with Crippen molar-refractivity contribution in [1.29, 1.82) is 0 Å². The van der Waals surface area contributed by atoms with Crippen molar-refractivity contribution in [2.45, 2.75) is 38.6 Å². The second kappa shape index (κ2) is 6.85. The number of carbonyl (C=O) groups excluding carboxylic acids is 2. The van der Waals surface area contributed by atoms with Crippen molar-refractivity contribution in [2.75, 3.05) is 11.9 Å². The number of esters is 1. The topological polar surface area (TPSA) is 81.4 Å². The van der Waals surface area contributed by atoms with Crippen molar-refractivity contribution < 1.29 is 14.3 Å². The summed E-state index contributed by atoms with van der Waals surface area (Å²) >= 11 is 1.34. The standard InChI is InChI=1S/C14H20N2O3S/c1-2-19-14(18)11-7-8-20-13(11)16-12(17)9-3-5-10(15)6-4-9/h7-10H,2-6,15H2,1H3,(H,16,17). The molecule has 5 nitrogen and oxygen atoms in total. The summed E-state index contributed by atoms with van der Waals surface area (Å²) in [6.45, 7) is 2.08. The largest absolute Gasteiger partial charge is 0.462 e. The smallest absolute Gasteiger partial charge is 0.341 e. The van der Waals surface area contributed by atoms with E-state index in [0.29, 0.717) is 17.2 Å². The molecule has 0 bridgehead atoms. The SMILES string of the molecule is CCOC(=O)c1ccsc1NC(=O)C1CCC(N)CC1. The summed E-state index contributed by atoms with van der Waals surface area (Å²) in [6, 6.07) is 1.89. The molecule has 0 atom stereocenters. The minimum atomic E-state index is -0.394. The molecule has 20 heavy (non-hydrogen) atoms. The van der Waals surface area contributed by atoms with E-state index < -0.39 is 5.97 Å². The molecule has 1 fully saturated rings. The second-order valence-electron chi connectivity index (χ2n) is 4.98. The number of hydrogen-bond acceptors (Lipinski definition) is 5. The number of rotatable bonds is 4. The lowest BCUT2D eigenvalue weighted by Gasteiger charge is -2.25. The zero-order valence-corrected chi connectivity index (χ0v) is 12.4. The van der Waals surface area contributed by atoms with Gasteiger partial charge in [-0.05, 0) is 44.1 Å². The molecule has 110 valence electrons. The Morgan fingerprint density at radius 1 is 1.40 bits per heavy atom. The Morgan fingerprint density at radius 3 is 2.75 bits per heavy atom. The number of nitrogens with one attached hydrogen (secondary N) is 1. The molecule has 1 aliphatic carbocycles. The van der Waals surface area contributed by atoms with Crippen LogP contribution >= 0.6 is 11.3 Å². The van der Waals surface area contributed by atoms with E-state index in [2.05, 4.69) is 5.32 Å². The van der Waals surface area contributed by atoms with Crippen LogP contribution < -0.4 is 11.1 Å². The molecule has 1 saturated carbocycles. The van der Waals surface area contributed by atoms with Crippen LogP contribution in [0.2, 0.25) is 0 Å². The minimum absolute atomic E-state index is 0.00746. The lowest BCUT2D eigenvalue weighted by molar-refractivity contribution is -0.120. The molecule has 0 unspecified atom stereocenters. The van der Waals surface area contributed by atoms with Crippen LogP contribution in [0.1, 0.15) is 43.0 Å². The Morgan fingerprint density at radius 2 is 2.10 bits per heavy atom. The van der Waals surface area contributed by atoms with Crippen molar-refractivity contribution >= 4 is 28.2 Å². The first-order chi connectivity index (χ1) is 9.61. The van der Waals surface area contributed by atoms with Gasteiger partial charge >= 0.3 is 5.97 Å². The van der Waals surface area contributed by atoms with Crippen LogP contribution in [0.4, 0.5) is 5.00 Å². The van der Waals surface area contributed by atoms with Gasteiger partial charge < -0.3 is 15.8 Å². The molecule has 1 aromatic rings. The Kier molecular flexibility index (Phi) is 5.14. The molecule has 1 aliphatic rings. The van der Waals surface area contributed by atoms with E-state index in [1.807, 2.05) is 0 Å². The molecule has 1 heterocycles. The predicted octanol–water partition coefficient (Wildman–Crippen LogP) is 2.38. The minimum Gasteiger partial charge on any atom is -0.462 e. The van der Waals surface area contributed by atoms with E-state index in [4.69, 9.17) is 10.5 Å². The van der Waals surface area contributed by atoms with Gasteiger partial charge in [0, 0.05) is 12.0 Å². The molecule has 0 aliphatic heterocycles. The average Bonchev–Trinajstić information content (AvgIpc) is 2.88. The quantitative estimate of drug-likeness (QED) is 0.836. The van der Waals surface area contributed by atoms with Crippen molar-refractivity contribution in [1.82, 2.24) is 0 Å². The Bertz CT molecular complexity index is 479. The van der Waals surface area contributed by atoms with Crippen LogP contribution in [0.15, 0.2) is 11.4 Å². The highest BCUT2D eigenvalue weighted by Gasteiger charge is 2.26. The van der Waals surface area contributed by atoms with Crippen molar-refractivity contribution in [3.63, 3.8) is 0 Å². The molecule has 3 N–H and O–H groups in total. The second-order valence-corrected chi connectivity index (χ2v) is 5.90. The van der Waals surface area contributed by atoms with Gasteiger partial charge in [0.25, 0.3) is 0 Å². The monoisotopic (exact) mass is 296 g/mol. The normalized spacial score (nSPS) is 22.3. The number of carbonyl (C=O) groups is 2. The summed E-state index contributed by atoms with van der Waals surface area (Å²) in [7, 11) is 0. The van der Waals surface area contributed by atoms with Crippen molar-refractivity contribution in [2.24, 2.45) is 11.7 Å². The summed E-state index contributed by atoms with van der Waals surface area (Å²) in [4.78, 5) is 24.0. The first-order valence-electron chi connectivity index (χ1n) is 6.92. The van der Waals surface area contributed by atoms with Crippen LogP contribution in [0.3, 0.4) is 0 Å². The highest BCUT2D eigenvalue weighted by molar-refractivity contribution is 7.14. The van der Waals surface area contributed by atoms with Gasteiger partial charge in [-0.15, -0.1) is 11.3 Å². The fraction of sp³-hybridized carbons (Fsp3) is 0.571. The Hall–Kier alpha value is -1.40. The van der Waals surface area contributed by atoms with Gasteiger partial charge in [-0.2, -0.15) is 0 Å². The number of ether oxygens (including phenoxy) is 1. The van der Waals surface area contributed by atoms with Crippen molar-refractivity contribution in [3.05, 3.63) is 17.0 Å². The molecule has 1 amide bonds. The summed E-state index contributed by atoms with van der Waals surface area (Å²) in [5.41, 5.74) is 6.27. The van der Waals surface area contributed by atoms with Gasteiger partial charge in [0.15, 0.2) is 0 Å². The molecular weight excluding hydrogens is 276 g/mol. The van der Waals surface area contributed by atoms with E-state index in [0.717, 1.165) is 25.7 Å². The Labute approximate surface area is 122 Å². The van der Waals surface area contributed by atoms with Gasteiger partial charge in [-0.25, -0.2) is 4.79 Å². The maximum absolute atomic E-state index is 12.2. The van der Waals surface area contributed by atoms with Gasteiger partial charge in [0.05, 0.1) is 12.2 Å².